The molecular formula is C27H32ClFN2O4. The molecule has 0 bridgehead atoms. The van der Waals surface area contributed by atoms with Crippen LogP contribution in [0.3, 0.4) is 0 Å². The molecule has 6 nitrogen and oxygen atoms in total. The zero-order chi connectivity index (χ0) is 25.8. The van der Waals surface area contributed by atoms with E-state index in [2.05, 4.69) is 21.6 Å². The minimum atomic E-state index is -0.910. The molecule has 0 aliphatic carbocycles. The first-order valence-electron chi connectivity index (χ1n) is 11.5. The maximum absolute atomic E-state index is 16.2. The lowest BCUT2D eigenvalue weighted by Gasteiger charge is -2.22. The van der Waals surface area contributed by atoms with Crippen LogP contribution in [-0.4, -0.2) is 61.9 Å². The molecule has 0 fully saturated rings. The molecule has 2 aromatic carbocycles. The molecule has 188 valence electrons. The average Bonchev–Trinajstić information content (AvgIpc) is 2.95. The van der Waals surface area contributed by atoms with Crippen LogP contribution in [0.4, 0.5) is 9.18 Å². The molecule has 3 rings (SSSR count). The van der Waals surface area contributed by atoms with E-state index in [-0.39, 0.29) is 27.6 Å². The zero-order valence-corrected chi connectivity index (χ0v) is 21.9. The van der Waals surface area contributed by atoms with E-state index >= 15 is 4.39 Å². The Hall–Kier alpha value is -2.79. The number of likely N-dealkylation sites (N-methyl/N-ethyl adjacent to an activating group) is 1. The monoisotopic (exact) mass is 502 g/mol. The molecule has 0 N–H and O–H groups in total. The van der Waals surface area contributed by atoms with Crippen molar-refractivity contribution >= 4 is 17.8 Å². The molecule has 0 unspecified atom stereocenters. The summed E-state index contributed by atoms with van der Waals surface area (Å²) in [5.74, 6) is 5.50. The van der Waals surface area contributed by atoms with Gasteiger partial charge in [0.25, 0.3) is 0 Å². The SMILES string of the molecule is CC#Cc1cc2c(c(F)c1-c1c(Cl)cccc1OC(=O)OC(C)(C)C)OCCN(CCN(C)C)C2. The van der Waals surface area contributed by atoms with Gasteiger partial charge in [0, 0.05) is 48.4 Å². The summed E-state index contributed by atoms with van der Waals surface area (Å²) in [6.07, 6.45) is -0.910. The van der Waals surface area contributed by atoms with E-state index in [0.29, 0.717) is 30.8 Å². The van der Waals surface area contributed by atoms with Gasteiger partial charge >= 0.3 is 6.16 Å². The van der Waals surface area contributed by atoms with Crippen LogP contribution in [0.5, 0.6) is 11.5 Å². The van der Waals surface area contributed by atoms with Gasteiger partial charge in [0.1, 0.15) is 18.0 Å². The normalized spacial score (nSPS) is 13.9. The van der Waals surface area contributed by atoms with Crippen molar-refractivity contribution in [3.05, 3.63) is 46.2 Å². The Bertz CT molecular complexity index is 1150. The largest absolute Gasteiger partial charge is 0.514 e. The summed E-state index contributed by atoms with van der Waals surface area (Å²) >= 11 is 6.53. The highest BCUT2D eigenvalue weighted by molar-refractivity contribution is 6.33. The summed E-state index contributed by atoms with van der Waals surface area (Å²) in [5.41, 5.74) is 0.737. The van der Waals surface area contributed by atoms with Crippen LogP contribution in [-0.2, 0) is 11.3 Å². The maximum atomic E-state index is 16.2. The summed E-state index contributed by atoms with van der Waals surface area (Å²) < 4.78 is 32.8. The van der Waals surface area contributed by atoms with Gasteiger partial charge in [-0.3, -0.25) is 4.90 Å². The lowest BCUT2D eigenvalue weighted by atomic mass is 9.95. The second kappa shape index (κ2) is 11.3. The van der Waals surface area contributed by atoms with Gasteiger partial charge in [-0.2, -0.15) is 0 Å². The summed E-state index contributed by atoms with van der Waals surface area (Å²) in [6, 6.07) is 6.61. The molecule has 0 amide bonds. The fourth-order valence-electron chi connectivity index (χ4n) is 3.76. The highest BCUT2D eigenvalue weighted by atomic mass is 35.5. The molecule has 35 heavy (non-hydrogen) atoms. The highest BCUT2D eigenvalue weighted by Gasteiger charge is 2.28. The Labute approximate surface area is 211 Å². The molecule has 0 saturated heterocycles. The average molecular weight is 503 g/mol. The Morgan fingerprint density at radius 2 is 2.03 bits per heavy atom. The summed E-state index contributed by atoms with van der Waals surface area (Å²) in [7, 11) is 4.04. The number of nitrogens with zero attached hydrogens (tertiary/aromatic N) is 2. The first kappa shape index (κ1) is 26.8. The van der Waals surface area contributed by atoms with Crippen LogP contribution in [0.1, 0.15) is 38.8 Å². The van der Waals surface area contributed by atoms with Crippen molar-refractivity contribution in [2.75, 3.05) is 40.3 Å². The fraction of sp³-hybridized carbons (Fsp3) is 0.444. The molecule has 1 aliphatic heterocycles. The van der Waals surface area contributed by atoms with Crippen LogP contribution >= 0.6 is 11.6 Å². The maximum Gasteiger partial charge on any atom is 0.514 e. The van der Waals surface area contributed by atoms with Gasteiger partial charge < -0.3 is 19.1 Å². The van der Waals surface area contributed by atoms with Crippen LogP contribution < -0.4 is 9.47 Å². The summed E-state index contributed by atoms with van der Waals surface area (Å²) in [6.45, 7) is 10.1. The second-order valence-corrected chi connectivity index (χ2v) is 9.99. The highest BCUT2D eigenvalue weighted by Crippen LogP contribution is 2.44. The van der Waals surface area contributed by atoms with Crippen molar-refractivity contribution < 1.29 is 23.4 Å². The van der Waals surface area contributed by atoms with Gasteiger partial charge in [-0.25, -0.2) is 9.18 Å². The molecule has 0 aromatic heterocycles. The molecule has 0 atom stereocenters. The Balaban J connectivity index is 2.10. The van der Waals surface area contributed by atoms with E-state index < -0.39 is 17.6 Å². The van der Waals surface area contributed by atoms with Gasteiger partial charge in [-0.1, -0.05) is 23.6 Å². The number of hydrogen-bond acceptors (Lipinski definition) is 6. The number of hydrogen-bond donors (Lipinski definition) is 0. The standard InChI is InChI=1S/C27H32ClFN2O4/c1-7-9-18-16-19-17-31(13-12-30(5)6)14-15-33-25(19)24(29)22(18)23-20(28)10-8-11-21(23)34-26(32)35-27(2,3)4/h8,10-11,16H,12-15,17H2,1-6H3. The molecule has 0 radical (unpaired) electrons. The number of fused-ring (bicyclic) bond motifs is 1. The number of halogens is 2. The zero-order valence-electron chi connectivity index (χ0n) is 21.1. The van der Waals surface area contributed by atoms with Crippen molar-refractivity contribution in [3.63, 3.8) is 0 Å². The number of carbonyl (C=O) groups is 1. The van der Waals surface area contributed by atoms with Crippen LogP contribution in [0, 0.1) is 17.7 Å². The van der Waals surface area contributed by atoms with Gasteiger partial charge in [0.2, 0.25) is 0 Å². The molecular weight excluding hydrogens is 471 g/mol. The van der Waals surface area contributed by atoms with E-state index in [1.54, 1.807) is 45.9 Å². The molecule has 8 heteroatoms. The van der Waals surface area contributed by atoms with Crippen molar-refractivity contribution in [2.24, 2.45) is 0 Å². The van der Waals surface area contributed by atoms with Crippen molar-refractivity contribution in [3.8, 4) is 34.5 Å². The lowest BCUT2D eigenvalue weighted by Crippen LogP contribution is -2.32. The minimum absolute atomic E-state index is 0.0750. The van der Waals surface area contributed by atoms with Crippen molar-refractivity contribution in [1.82, 2.24) is 9.80 Å². The minimum Gasteiger partial charge on any atom is -0.489 e. The number of ether oxygens (including phenoxy) is 3. The predicted octanol–water partition coefficient (Wildman–Crippen LogP) is 5.59. The topological polar surface area (TPSA) is 51.2 Å². The molecule has 0 spiro atoms. The summed E-state index contributed by atoms with van der Waals surface area (Å²) in [4.78, 5) is 16.7. The predicted molar refractivity (Wildman–Crippen MR) is 136 cm³/mol. The number of rotatable bonds is 5. The number of carbonyl (C=O) groups excluding carboxylic acids is 1. The van der Waals surface area contributed by atoms with Gasteiger partial charge in [-0.15, -0.1) is 5.92 Å². The van der Waals surface area contributed by atoms with Crippen LogP contribution in [0.15, 0.2) is 24.3 Å². The van der Waals surface area contributed by atoms with E-state index in [1.165, 1.54) is 0 Å². The van der Waals surface area contributed by atoms with Gasteiger partial charge in [0.15, 0.2) is 11.6 Å². The Morgan fingerprint density at radius 3 is 2.69 bits per heavy atom. The molecule has 1 aliphatic rings. The quantitative estimate of drug-likeness (QED) is 0.302. The third kappa shape index (κ3) is 6.88. The lowest BCUT2D eigenvalue weighted by molar-refractivity contribution is 0.0207. The Morgan fingerprint density at radius 1 is 1.29 bits per heavy atom. The molecule has 2 aromatic rings. The van der Waals surface area contributed by atoms with E-state index in [0.717, 1.165) is 13.1 Å². The smallest absolute Gasteiger partial charge is 0.489 e. The molecule has 1 heterocycles. The second-order valence-electron chi connectivity index (χ2n) is 9.58. The fourth-order valence-corrected chi connectivity index (χ4v) is 4.02. The first-order valence-corrected chi connectivity index (χ1v) is 11.9. The first-order chi connectivity index (χ1) is 16.5. The van der Waals surface area contributed by atoms with E-state index in [9.17, 15) is 4.79 Å². The molecule has 0 saturated carbocycles. The van der Waals surface area contributed by atoms with Crippen molar-refractivity contribution in [2.45, 2.75) is 39.8 Å². The third-order valence-corrected chi connectivity index (χ3v) is 5.59. The van der Waals surface area contributed by atoms with Gasteiger partial charge in [0.05, 0.1) is 5.02 Å². The van der Waals surface area contributed by atoms with Gasteiger partial charge in [-0.05, 0) is 60.0 Å². The van der Waals surface area contributed by atoms with Crippen LogP contribution in [0.25, 0.3) is 11.1 Å². The van der Waals surface area contributed by atoms with Crippen molar-refractivity contribution in [1.29, 1.82) is 0 Å². The van der Waals surface area contributed by atoms with Crippen LogP contribution in [0.2, 0.25) is 5.02 Å². The van der Waals surface area contributed by atoms with E-state index in [4.69, 9.17) is 25.8 Å². The van der Waals surface area contributed by atoms with E-state index in [1.807, 2.05) is 20.2 Å². The third-order valence-electron chi connectivity index (χ3n) is 5.28. The Kier molecular flexibility index (Phi) is 8.65. The number of benzene rings is 2. The summed E-state index contributed by atoms with van der Waals surface area (Å²) in [5, 5.41) is 0.213.